The zero-order valence-corrected chi connectivity index (χ0v) is 13.2. The highest BCUT2D eigenvalue weighted by molar-refractivity contribution is 5.74. The van der Waals surface area contributed by atoms with Crippen LogP contribution in [-0.2, 0) is 6.54 Å². The molecule has 0 fully saturated rings. The number of fused-ring (bicyclic) bond motifs is 1. The number of aromatic nitrogens is 2. The molecular weight excluding hydrogens is 272 g/mol. The molecule has 0 saturated heterocycles. The summed E-state index contributed by atoms with van der Waals surface area (Å²) < 4.78 is 8.12. The van der Waals surface area contributed by atoms with Crippen molar-refractivity contribution in [2.75, 3.05) is 6.61 Å². The van der Waals surface area contributed by atoms with Crippen LogP contribution < -0.4 is 4.74 Å². The second kappa shape index (κ2) is 6.65. The van der Waals surface area contributed by atoms with Gasteiger partial charge in [-0.15, -0.1) is 0 Å². The van der Waals surface area contributed by atoms with E-state index in [0.29, 0.717) is 0 Å². The molecule has 2 aromatic carbocycles. The first-order valence-electron chi connectivity index (χ1n) is 7.84. The first-order chi connectivity index (χ1) is 10.7. The van der Waals surface area contributed by atoms with Gasteiger partial charge in [0.25, 0.3) is 0 Å². The van der Waals surface area contributed by atoms with Gasteiger partial charge in [-0.3, -0.25) is 0 Å². The molecule has 0 aliphatic carbocycles. The van der Waals surface area contributed by atoms with Crippen molar-refractivity contribution in [2.24, 2.45) is 0 Å². The van der Waals surface area contributed by atoms with Crippen molar-refractivity contribution in [3.05, 3.63) is 59.9 Å². The van der Waals surface area contributed by atoms with Gasteiger partial charge in [-0.25, -0.2) is 4.98 Å². The third-order valence-corrected chi connectivity index (χ3v) is 3.92. The van der Waals surface area contributed by atoms with Gasteiger partial charge < -0.3 is 9.30 Å². The molecule has 3 nitrogen and oxygen atoms in total. The number of benzene rings is 2. The van der Waals surface area contributed by atoms with Crippen LogP contribution in [0.2, 0.25) is 0 Å². The number of nitrogens with zero attached hydrogens (tertiary/aromatic N) is 2. The number of rotatable bonds is 6. The molecule has 114 valence electrons. The molecule has 0 amide bonds. The van der Waals surface area contributed by atoms with Gasteiger partial charge in [-0.1, -0.05) is 24.3 Å². The van der Waals surface area contributed by atoms with Crippen LogP contribution in [0.3, 0.4) is 0 Å². The molecular formula is C19H22N2O. The summed E-state index contributed by atoms with van der Waals surface area (Å²) in [7, 11) is 0. The lowest BCUT2D eigenvalue weighted by Gasteiger charge is -2.10. The Bertz CT molecular complexity index is 761. The van der Waals surface area contributed by atoms with Gasteiger partial charge in [0.2, 0.25) is 0 Å². The van der Waals surface area contributed by atoms with E-state index in [1.807, 2.05) is 12.4 Å². The molecule has 1 aromatic heterocycles. The van der Waals surface area contributed by atoms with E-state index in [4.69, 9.17) is 4.74 Å². The van der Waals surface area contributed by atoms with Gasteiger partial charge in [0.15, 0.2) is 0 Å². The predicted molar refractivity (Wildman–Crippen MR) is 90.4 cm³/mol. The van der Waals surface area contributed by atoms with Crippen LogP contribution in [0.25, 0.3) is 11.0 Å². The van der Waals surface area contributed by atoms with Crippen LogP contribution >= 0.6 is 0 Å². The van der Waals surface area contributed by atoms with Gasteiger partial charge in [0.05, 0.1) is 24.0 Å². The molecule has 3 rings (SSSR count). The monoisotopic (exact) mass is 294 g/mol. The van der Waals surface area contributed by atoms with Gasteiger partial charge in [0, 0.05) is 6.54 Å². The molecule has 0 spiro atoms. The quantitative estimate of drug-likeness (QED) is 0.625. The van der Waals surface area contributed by atoms with E-state index >= 15 is 0 Å². The van der Waals surface area contributed by atoms with Crippen LogP contribution in [-0.4, -0.2) is 16.2 Å². The van der Waals surface area contributed by atoms with E-state index in [9.17, 15) is 0 Å². The lowest BCUT2D eigenvalue weighted by molar-refractivity contribution is 0.301. The van der Waals surface area contributed by atoms with Crippen LogP contribution in [0.1, 0.15) is 24.0 Å². The van der Waals surface area contributed by atoms with E-state index in [0.717, 1.165) is 37.3 Å². The predicted octanol–water partition coefficient (Wildman–Crippen LogP) is 4.51. The Balaban J connectivity index is 1.49. The van der Waals surface area contributed by atoms with Crippen LogP contribution in [0.5, 0.6) is 5.75 Å². The Hall–Kier alpha value is -2.29. The molecule has 0 radical (unpaired) electrons. The first-order valence-corrected chi connectivity index (χ1v) is 7.84. The number of hydrogen-bond donors (Lipinski definition) is 0. The van der Waals surface area contributed by atoms with Gasteiger partial charge in [-0.2, -0.15) is 0 Å². The van der Waals surface area contributed by atoms with Gasteiger partial charge >= 0.3 is 0 Å². The highest BCUT2D eigenvalue weighted by Crippen LogP contribution is 2.19. The Morgan fingerprint density at radius 1 is 1.05 bits per heavy atom. The molecule has 0 aliphatic heterocycles. The second-order valence-corrected chi connectivity index (χ2v) is 5.75. The zero-order valence-electron chi connectivity index (χ0n) is 13.2. The zero-order chi connectivity index (χ0) is 15.4. The maximum absolute atomic E-state index is 5.90. The number of imidazole rings is 1. The molecule has 3 aromatic rings. The van der Waals surface area contributed by atoms with E-state index in [1.54, 1.807) is 0 Å². The summed E-state index contributed by atoms with van der Waals surface area (Å²) in [6, 6.07) is 14.6. The second-order valence-electron chi connectivity index (χ2n) is 5.75. The highest BCUT2D eigenvalue weighted by Gasteiger charge is 2.02. The van der Waals surface area contributed by atoms with Gasteiger partial charge in [-0.05, 0) is 56.0 Å². The number of para-hydroxylation sites is 2. The highest BCUT2D eigenvalue weighted by atomic mass is 16.5. The van der Waals surface area contributed by atoms with Crippen LogP contribution in [0.15, 0.2) is 48.8 Å². The minimum atomic E-state index is 0.761. The van der Waals surface area contributed by atoms with E-state index < -0.39 is 0 Å². The van der Waals surface area contributed by atoms with E-state index in [-0.39, 0.29) is 0 Å². The topological polar surface area (TPSA) is 27.1 Å². The van der Waals surface area contributed by atoms with Gasteiger partial charge in [0.1, 0.15) is 5.75 Å². The average Bonchev–Trinajstić information content (AvgIpc) is 2.94. The molecule has 1 heterocycles. The standard InChI is InChI=1S/C19H22N2O/c1-15-9-10-16(2)19(13-15)22-12-6-5-11-21-14-20-17-7-3-4-8-18(17)21/h3-4,7-10,13-14H,5-6,11-12H2,1-2H3. The number of aryl methyl sites for hydroxylation is 3. The number of ether oxygens (including phenoxy) is 1. The number of unbranched alkanes of at least 4 members (excludes halogenated alkanes) is 1. The molecule has 0 N–H and O–H groups in total. The van der Waals surface area contributed by atoms with Crippen molar-refractivity contribution in [2.45, 2.75) is 33.2 Å². The van der Waals surface area contributed by atoms with Crippen molar-refractivity contribution in [3.63, 3.8) is 0 Å². The Morgan fingerprint density at radius 3 is 2.82 bits per heavy atom. The Morgan fingerprint density at radius 2 is 1.91 bits per heavy atom. The molecule has 0 atom stereocenters. The van der Waals surface area contributed by atoms with Crippen molar-refractivity contribution >= 4 is 11.0 Å². The molecule has 0 unspecified atom stereocenters. The Kier molecular flexibility index (Phi) is 4.42. The van der Waals surface area contributed by atoms with E-state index in [2.05, 4.69) is 59.8 Å². The molecule has 22 heavy (non-hydrogen) atoms. The Labute approximate surface area is 131 Å². The fraction of sp³-hybridized carbons (Fsp3) is 0.316. The normalized spacial score (nSPS) is 11.0. The lowest BCUT2D eigenvalue weighted by atomic mass is 10.1. The van der Waals surface area contributed by atoms with Crippen LogP contribution in [0, 0.1) is 13.8 Å². The van der Waals surface area contributed by atoms with E-state index in [1.165, 1.54) is 16.6 Å². The SMILES string of the molecule is Cc1ccc(C)c(OCCCCn2cnc3ccccc32)c1. The maximum atomic E-state index is 5.90. The summed E-state index contributed by atoms with van der Waals surface area (Å²) in [5.41, 5.74) is 4.71. The molecule has 0 aliphatic rings. The maximum Gasteiger partial charge on any atom is 0.122 e. The fourth-order valence-electron chi connectivity index (χ4n) is 2.62. The van der Waals surface area contributed by atoms with Crippen LogP contribution in [0.4, 0.5) is 0 Å². The first kappa shape index (κ1) is 14.6. The van der Waals surface area contributed by atoms with Crippen molar-refractivity contribution in [3.8, 4) is 5.75 Å². The largest absolute Gasteiger partial charge is 0.493 e. The minimum absolute atomic E-state index is 0.761. The van der Waals surface area contributed by atoms with Crippen molar-refractivity contribution in [1.29, 1.82) is 0 Å². The molecule has 0 bridgehead atoms. The molecule has 0 saturated carbocycles. The summed E-state index contributed by atoms with van der Waals surface area (Å²) in [5.74, 6) is 1.01. The van der Waals surface area contributed by atoms with Crippen molar-refractivity contribution in [1.82, 2.24) is 9.55 Å². The summed E-state index contributed by atoms with van der Waals surface area (Å²) in [5, 5.41) is 0. The summed E-state index contributed by atoms with van der Waals surface area (Å²) in [4.78, 5) is 4.42. The summed E-state index contributed by atoms with van der Waals surface area (Å²) in [6.07, 6.45) is 4.06. The lowest BCUT2D eigenvalue weighted by Crippen LogP contribution is -2.02. The number of hydrogen-bond acceptors (Lipinski definition) is 2. The summed E-state index contributed by atoms with van der Waals surface area (Å²) in [6.45, 7) is 5.93. The summed E-state index contributed by atoms with van der Waals surface area (Å²) >= 11 is 0. The smallest absolute Gasteiger partial charge is 0.122 e. The molecule has 3 heteroatoms. The fourth-order valence-corrected chi connectivity index (χ4v) is 2.62. The third-order valence-electron chi connectivity index (χ3n) is 3.92. The third kappa shape index (κ3) is 3.30. The van der Waals surface area contributed by atoms with Crippen molar-refractivity contribution < 1.29 is 4.74 Å². The minimum Gasteiger partial charge on any atom is -0.493 e. The average molecular weight is 294 g/mol.